The normalized spacial score (nSPS) is 10.3. The lowest BCUT2D eigenvalue weighted by Crippen LogP contribution is -2.13. The molecule has 3 aromatic rings. The summed E-state index contributed by atoms with van der Waals surface area (Å²) in [4.78, 5) is 32.6. The maximum Gasteiger partial charge on any atom is 0.277 e. The Balaban J connectivity index is 1.90. The second-order valence-electron chi connectivity index (χ2n) is 5.01. The molecule has 0 atom stereocenters. The van der Waals surface area contributed by atoms with Gasteiger partial charge in [0.05, 0.1) is 27.2 Å². The SMILES string of the molecule is O=C(Nc1cccc(-n2cnnn2)c1)c1cc([N+](=O)[O-])cc([N+](=O)[O-])c1. The lowest BCUT2D eigenvalue weighted by Gasteiger charge is -2.07. The minimum atomic E-state index is -0.803. The summed E-state index contributed by atoms with van der Waals surface area (Å²) < 4.78 is 1.37. The first kappa shape index (κ1) is 16.6. The van der Waals surface area contributed by atoms with E-state index < -0.39 is 27.1 Å². The van der Waals surface area contributed by atoms with Crippen molar-refractivity contribution >= 4 is 23.0 Å². The molecule has 0 aliphatic rings. The van der Waals surface area contributed by atoms with Gasteiger partial charge in [-0.1, -0.05) is 6.07 Å². The summed E-state index contributed by atoms with van der Waals surface area (Å²) in [7, 11) is 0. The molecule has 26 heavy (non-hydrogen) atoms. The Hall–Kier alpha value is -4.22. The molecule has 0 radical (unpaired) electrons. The van der Waals surface area contributed by atoms with Gasteiger partial charge in [-0.2, -0.15) is 0 Å². The van der Waals surface area contributed by atoms with E-state index in [4.69, 9.17) is 0 Å². The molecule has 1 amide bonds. The average Bonchev–Trinajstić information content (AvgIpc) is 3.16. The molecule has 0 unspecified atom stereocenters. The van der Waals surface area contributed by atoms with Gasteiger partial charge in [-0.15, -0.1) is 5.10 Å². The summed E-state index contributed by atoms with van der Waals surface area (Å²) in [6, 6.07) is 9.21. The van der Waals surface area contributed by atoms with Gasteiger partial charge in [0.15, 0.2) is 0 Å². The van der Waals surface area contributed by atoms with Gasteiger partial charge >= 0.3 is 0 Å². The largest absolute Gasteiger partial charge is 0.322 e. The Labute approximate surface area is 144 Å². The number of carbonyl (C=O) groups excluding carboxylic acids is 1. The summed E-state index contributed by atoms with van der Waals surface area (Å²) in [6.07, 6.45) is 1.37. The van der Waals surface area contributed by atoms with Crippen molar-refractivity contribution in [3.05, 3.63) is 74.6 Å². The van der Waals surface area contributed by atoms with E-state index in [0.717, 1.165) is 18.2 Å². The number of nitrogens with zero attached hydrogens (tertiary/aromatic N) is 6. The number of aromatic nitrogens is 4. The quantitative estimate of drug-likeness (QED) is 0.535. The Kier molecular flexibility index (Phi) is 4.30. The van der Waals surface area contributed by atoms with E-state index in [9.17, 15) is 25.0 Å². The van der Waals surface area contributed by atoms with Gasteiger partial charge in [-0.05, 0) is 28.6 Å². The highest BCUT2D eigenvalue weighted by Crippen LogP contribution is 2.23. The van der Waals surface area contributed by atoms with E-state index in [1.165, 1.54) is 11.0 Å². The zero-order valence-electron chi connectivity index (χ0n) is 12.8. The monoisotopic (exact) mass is 355 g/mol. The van der Waals surface area contributed by atoms with Crippen molar-refractivity contribution in [1.29, 1.82) is 0 Å². The van der Waals surface area contributed by atoms with Gasteiger partial charge in [0, 0.05) is 17.8 Å². The molecule has 12 heteroatoms. The van der Waals surface area contributed by atoms with Gasteiger partial charge in [0.1, 0.15) is 6.33 Å². The fourth-order valence-electron chi connectivity index (χ4n) is 2.15. The number of benzene rings is 2. The fourth-order valence-corrected chi connectivity index (χ4v) is 2.15. The highest BCUT2D eigenvalue weighted by Gasteiger charge is 2.20. The van der Waals surface area contributed by atoms with E-state index in [-0.39, 0.29) is 5.56 Å². The third-order valence-electron chi connectivity index (χ3n) is 3.30. The lowest BCUT2D eigenvalue weighted by molar-refractivity contribution is -0.394. The molecule has 12 nitrogen and oxygen atoms in total. The number of anilines is 1. The number of nitro groups is 2. The first-order valence-corrected chi connectivity index (χ1v) is 7.03. The standard InChI is InChI=1S/C14H9N7O5/c22-14(9-4-12(20(23)24)7-13(5-9)21(25)26)16-10-2-1-3-11(6-10)19-8-15-17-18-19/h1-8H,(H,16,22). The minimum Gasteiger partial charge on any atom is -0.322 e. The first-order valence-electron chi connectivity index (χ1n) is 7.03. The van der Waals surface area contributed by atoms with Crippen LogP contribution in [0.4, 0.5) is 17.1 Å². The van der Waals surface area contributed by atoms with Crippen LogP contribution in [-0.4, -0.2) is 36.0 Å². The van der Waals surface area contributed by atoms with Crippen molar-refractivity contribution in [2.24, 2.45) is 0 Å². The molecular formula is C14H9N7O5. The number of nitrogens with one attached hydrogen (secondary N) is 1. The Morgan fingerprint density at radius 2 is 1.73 bits per heavy atom. The summed E-state index contributed by atoms with van der Waals surface area (Å²) in [5.41, 5.74) is -0.382. The molecule has 3 rings (SSSR count). The van der Waals surface area contributed by atoms with Crippen molar-refractivity contribution in [2.45, 2.75) is 0 Å². The fraction of sp³-hybridized carbons (Fsp3) is 0. The van der Waals surface area contributed by atoms with Crippen LogP contribution in [0.15, 0.2) is 48.8 Å². The molecule has 0 aliphatic heterocycles. The van der Waals surface area contributed by atoms with Crippen molar-refractivity contribution in [2.75, 3.05) is 5.32 Å². The predicted molar refractivity (Wildman–Crippen MR) is 86.9 cm³/mol. The molecule has 1 N–H and O–H groups in total. The van der Waals surface area contributed by atoms with Gasteiger partial charge in [-0.25, -0.2) is 4.68 Å². The molecule has 0 aliphatic carbocycles. The summed E-state index contributed by atoms with van der Waals surface area (Å²) in [5, 5.41) is 35.1. The summed E-state index contributed by atoms with van der Waals surface area (Å²) in [5.74, 6) is -0.731. The number of amides is 1. The Bertz CT molecular complexity index is 970. The van der Waals surface area contributed by atoms with Gasteiger partial charge in [0.25, 0.3) is 17.3 Å². The number of tetrazole rings is 1. The number of hydrogen-bond acceptors (Lipinski definition) is 8. The second-order valence-corrected chi connectivity index (χ2v) is 5.01. The van der Waals surface area contributed by atoms with E-state index in [1.807, 2.05) is 0 Å². The van der Waals surface area contributed by atoms with Crippen LogP contribution in [0.25, 0.3) is 5.69 Å². The van der Waals surface area contributed by atoms with Crippen LogP contribution in [0, 0.1) is 20.2 Å². The number of carbonyl (C=O) groups is 1. The molecular weight excluding hydrogens is 346 g/mol. The van der Waals surface area contributed by atoms with Crippen LogP contribution in [0.3, 0.4) is 0 Å². The molecule has 130 valence electrons. The van der Waals surface area contributed by atoms with E-state index in [1.54, 1.807) is 24.3 Å². The van der Waals surface area contributed by atoms with Crippen LogP contribution < -0.4 is 5.32 Å². The number of hydrogen-bond donors (Lipinski definition) is 1. The van der Waals surface area contributed by atoms with Gasteiger partial charge in [-0.3, -0.25) is 25.0 Å². The van der Waals surface area contributed by atoms with Gasteiger partial charge in [0.2, 0.25) is 0 Å². The third kappa shape index (κ3) is 3.48. The maximum absolute atomic E-state index is 12.4. The number of rotatable bonds is 5. The van der Waals surface area contributed by atoms with Crippen molar-refractivity contribution in [3.63, 3.8) is 0 Å². The molecule has 0 saturated heterocycles. The van der Waals surface area contributed by atoms with E-state index >= 15 is 0 Å². The van der Waals surface area contributed by atoms with E-state index in [2.05, 4.69) is 20.8 Å². The van der Waals surface area contributed by atoms with Crippen molar-refractivity contribution < 1.29 is 14.6 Å². The third-order valence-corrected chi connectivity index (χ3v) is 3.30. The molecule has 2 aromatic carbocycles. The first-order chi connectivity index (χ1) is 12.4. The molecule has 0 fully saturated rings. The Morgan fingerprint density at radius 3 is 2.31 bits per heavy atom. The maximum atomic E-state index is 12.4. The average molecular weight is 355 g/mol. The molecule has 1 heterocycles. The van der Waals surface area contributed by atoms with Crippen molar-refractivity contribution in [1.82, 2.24) is 20.2 Å². The molecule has 0 saturated carbocycles. The van der Waals surface area contributed by atoms with Gasteiger partial charge < -0.3 is 5.32 Å². The van der Waals surface area contributed by atoms with Crippen LogP contribution in [0.5, 0.6) is 0 Å². The number of nitro benzene ring substituents is 2. The predicted octanol–water partition coefficient (Wildman–Crippen LogP) is 1.73. The summed E-state index contributed by atoms with van der Waals surface area (Å²) in [6.45, 7) is 0. The van der Waals surface area contributed by atoms with Crippen LogP contribution in [-0.2, 0) is 0 Å². The summed E-state index contributed by atoms with van der Waals surface area (Å²) >= 11 is 0. The zero-order chi connectivity index (χ0) is 18.7. The lowest BCUT2D eigenvalue weighted by atomic mass is 10.1. The van der Waals surface area contributed by atoms with Crippen molar-refractivity contribution in [3.8, 4) is 5.69 Å². The van der Waals surface area contributed by atoms with Crippen LogP contribution >= 0.6 is 0 Å². The molecule has 0 bridgehead atoms. The van der Waals surface area contributed by atoms with Crippen LogP contribution in [0.2, 0.25) is 0 Å². The topological polar surface area (TPSA) is 159 Å². The molecule has 1 aromatic heterocycles. The zero-order valence-corrected chi connectivity index (χ0v) is 12.8. The van der Waals surface area contributed by atoms with Crippen LogP contribution in [0.1, 0.15) is 10.4 Å². The minimum absolute atomic E-state index is 0.210. The Morgan fingerprint density at radius 1 is 1.04 bits per heavy atom. The highest BCUT2D eigenvalue weighted by atomic mass is 16.6. The molecule has 0 spiro atoms. The highest BCUT2D eigenvalue weighted by molar-refractivity contribution is 6.05. The van der Waals surface area contributed by atoms with E-state index in [0.29, 0.717) is 11.4 Å². The second kappa shape index (κ2) is 6.72. The number of non-ortho nitro benzene ring substituents is 2. The smallest absolute Gasteiger partial charge is 0.277 e.